The fourth-order valence-corrected chi connectivity index (χ4v) is 1.82. The second kappa shape index (κ2) is 2.65. The van der Waals surface area contributed by atoms with Crippen molar-refractivity contribution >= 4 is 11.8 Å². The monoisotopic (exact) mass is 183 g/mol. The van der Waals surface area contributed by atoms with Crippen LogP contribution in [0.15, 0.2) is 12.2 Å². The Hall–Kier alpha value is -1.20. The van der Waals surface area contributed by atoms with E-state index in [0.717, 1.165) is 0 Å². The number of carbonyl (C=O) groups excluding carboxylic acids is 2. The minimum Gasteiger partial charge on any atom is -0.388 e. The summed E-state index contributed by atoms with van der Waals surface area (Å²) >= 11 is 0. The zero-order chi connectivity index (χ0) is 9.59. The van der Waals surface area contributed by atoms with Crippen LogP contribution in [-0.4, -0.2) is 34.2 Å². The minimum atomic E-state index is -0.972. The van der Waals surface area contributed by atoms with Gasteiger partial charge in [-0.25, -0.2) is 0 Å². The third kappa shape index (κ3) is 1.08. The van der Waals surface area contributed by atoms with Crippen molar-refractivity contribution < 1.29 is 19.8 Å². The third-order valence-corrected chi connectivity index (χ3v) is 2.48. The molecule has 0 aromatic rings. The van der Waals surface area contributed by atoms with Crippen molar-refractivity contribution in [3.63, 3.8) is 0 Å². The summed E-state index contributed by atoms with van der Waals surface area (Å²) in [6.07, 6.45) is 0.730. The van der Waals surface area contributed by atoms with Gasteiger partial charge in [0, 0.05) is 0 Å². The van der Waals surface area contributed by atoms with E-state index in [1.807, 2.05) is 0 Å². The highest BCUT2D eigenvalue weighted by Gasteiger charge is 2.49. The molecule has 1 aliphatic heterocycles. The predicted molar refractivity (Wildman–Crippen MR) is 41.3 cm³/mol. The fraction of sp³-hybridized carbons (Fsp3) is 0.500. The zero-order valence-corrected chi connectivity index (χ0v) is 6.68. The topological polar surface area (TPSA) is 86.6 Å². The second-order valence-corrected chi connectivity index (χ2v) is 3.27. The van der Waals surface area contributed by atoms with E-state index in [0.29, 0.717) is 0 Å². The summed E-state index contributed by atoms with van der Waals surface area (Å²) < 4.78 is 0. The summed E-state index contributed by atoms with van der Waals surface area (Å²) in [5, 5.41) is 20.8. The van der Waals surface area contributed by atoms with Gasteiger partial charge in [-0.3, -0.25) is 14.9 Å². The van der Waals surface area contributed by atoms with Crippen LogP contribution in [0.2, 0.25) is 0 Å². The van der Waals surface area contributed by atoms with Gasteiger partial charge in [0.2, 0.25) is 11.8 Å². The summed E-state index contributed by atoms with van der Waals surface area (Å²) in [6.45, 7) is 0. The molecule has 0 aromatic carbocycles. The molecular weight excluding hydrogens is 174 g/mol. The Bertz CT molecular complexity index is 271. The molecule has 0 radical (unpaired) electrons. The molecule has 5 heteroatoms. The highest BCUT2D eigenvalue weighted by molar-refractivity contribution is 6.06. The lowest BCUT2D eigenvalue weighted by atomic mass is 9.81. The van der Waals surface area contributed by atoms with E-state index in [1.165, 1.54) is 12.2 Å². The Labute approximate surface area is 74.1 Å². The molecule has 1 heterocycles. The molecule has 0 spiro atoms. The molecule has 1 saturated heterocycles. The normalized spacial score (nSPS) is 43.2. The van der Waals surface area contributed by atoms with Crippen molar-refractivity contribution in [3.05, 3.63) is 12.2 Å². The van der Waals surface area contributed by atoms with Crippen molar-refractivity contribution in [2.45, 2.75) is 12.2 Å². The van der Waals surface area contributed by atoms with Gasteiger partial charge < -0.3 is 10.2 Å². The molecule has 3 N–H and O–H groups in total. The number of hydrogen-bond donors (Lipinski definition) is 3. The van der Waals surface area contributed by atoms with Crippen molar-refractivity contribution in [2.75, 3.05) is 0 Å². The van der Waals surface area contributed by atoms with Gasteiger partial charge in [-0.2, -0.15) is 0 Å². The van der Waals surface area contributed by atoms with Gasteiger partial charge in [-0.1, -0.05) is 12.2 Å². The maximum absolute atomic E-state index is 11.1. The highest BCUT2D eigenvalue weighted by Crippen LogP contribution is 2.30. The Morgan fingerprint density at radius 1 is 1.00 bits per heavy atom. The van der Waals surface area contributed by atoms with Gasteiger partial charge in [0.15, 0.2) is 0 Å². The van der Waals surface area contributed by atoms with Gasteiger partial charge in [-0.15, -0.1) is 0 Å². The molecule has 1 fully saturated rings. The lowest BCUT2D eigenvalue weighted by Gasteiger charge is -2.25. The number of fused-ring (bicyclic) bond motifs is 1. The summed E-state index contributed by atoms with van der Waals surface area (Å²) in [5.41, 5.74) is 0. The molecule has 0 saturated carbocycles. The Balaban J connectivity index is 2.38. The second-order valence-electron chi connectivity index (χ2n) is 3.27. The lowest BCUT2D eigenvalue weighted by molar-refractivity contribution is -0.126. The summed E-state index contributed by atoms with van der Waals surface area (Å²) in [7, 11) is 0. The number of hydrogen-bond acceptors (Lipinski definition) is 4. The number of carbonyl (C=O) groups is 2. The van der Waals surface area contributed by atoms with Gasteiger partial charge in [0.25, 0.3) is 0 Å². The molecule has 13 heavy (non-hydrogen) atoms. The van der Waals surface area contributed by atoms with Crippen LogP contribution in [0.5, 0.6) is 0 Å². The molecule has 2 amide bonds. The van der Waals surface area contributed by atoms with E-state index in [4.69, 9.17) is 0 Å². The predicted octanol–water partition coefficient (Wildman–Crippen LogP) is -1.83. The summed E-state index contributed by atoms with van der Waals surface area (Å²) in [5.74, 6) is -2.67. The first kappa shape index (κ1) is 8.40. The smallest absolute Gasteiger partial charge is 0.233 e. The first-order valence-corrected chi connectivity index (χ1v) is 4.00. The van der Waals surface area contributed by atoms with E-state index in [1.54, 1.807) is 0 Å². The van der Waals surface area contributed by atoms with E-state index in [2.05, 4.69) is 5.32 Å². The molecule has 5 nitrogen and oxygen atoms in total. The zero-order valence-electron chi connectivity index (χ0n) is 6.68. The van der Waals surface area contributed by atoms with E-state index in [9.17, 15) is 19.8 Å². The number of amides is 2. The van der Waals surface area contributed by atoms with E-state index >= 15 is 0 Å². The molecule has 4 unspecified atom stereocenters. The lowest BCUT2D eigenvalue weighted by Crippen LogP contribution is -2.39. The third-order valence-electron chi connectivity index (χ3n) is 2.48. The number of aliphatic hydroxyl groups excluding tert-OH is 2. The quantitative estimate of drug-likeness (QED) is 0.304. The van der Waals surface area contributed by atoms with Crippen molar-refractivity contribution in [1.82, 2.24) is 5.32 Å². The van der Waals surface area contributed by atoms with Gasteiger partial charge >= 0.3 is 0 Å². The first-order chi connectivity index (χ1) is 6.11. The SMILES string of the molecule is O=C1NC(=O)C2C(O)C=CC(O)C12. The first-order valence-electron chi connectivity index (χ1n) is 4.00. The van der Waals surface area contributed by atoms with Gasteiger partial charge in [0.05, 0.1) is 24.0 Å². The number of nitrogens with one attached hydrogen (secondary N) is 1. The average molecular weight is 183 g/mol. The largest absolute Gasteiger partial charge is 0.388 e. The van der Waals surface area contributed by atoms with E-state index < -0.39 is 35.9 Å². The number of aliphatic hydroxyl groups is 2. The standard InChI is InChI=1S/C8H9NO4/c10-3-1-2-4(11)6-5(3)7(12)9-8(6)13/h1-6,10-11H,(H,9,12,13). The summed E-state index contributed by atoms with van der Waals surface area (Å²) in [4.78, 5) is 22.3. The molecule has 2 aliphatic rings. The fourth-order valence-electron chi connectivity index (χ4n) is 1.82. The maximum atomic E-state index is 11.1. The van der Waals surface area contributed by atoms with Crippen molar-refractivity contribution in [2.24, 2.45) is 11.8 Å². The molecule has 0 bridgehead atoms. The highest BCUT2D eigenvalue weighted by atomic mass is 16.3. The van der Waals surface area contributed by atoms with Gasteiger partial charge in [-0.05, 0) is 0 Å². The number of rotatable bonds is 0. The minimum absolute atomic E-state index is 0.508. The van der Waals surface area contributed by atoms with Crippen LogP contribution in [0.4, 0.5) is 0 Å². The maximum Gasteiger partial charge on any atom is 0.233 e. The summed E-state index contributed by atoms with van der Waals surface area (Å²) in [6, 6.07) is 0. The van der Waals surface area contributed by atoms with E-state index in [-0.39, 0.29) is 0 Å². The van der Waals surface area contributed by atoms with Crippen LogP contribution in [-0.2, 0) is 9.59 Å². The molecular formula is C8H9NO4. The Morgan fingerprint density at radius 2 is 1.38 bits per heavy atom. The Morgan fingerprint density at radius 3 is 1.77 bits per heavy atom. The molecule has 0 aromatic heterocycles. The van der Waals surface area contributed by atoms with Crippen LogP contribution in [0.25, 0.3) is 0 Å². The Kier molecular flexibility index (Phi) is 1.71. The van der Waals surface area contributed by atoms with Gasteiger partial charge in [0.1, 0.15) is 0 Å². The molecule has 1 aliphatic carbocycles. The molecule has 70 valence electrons. The molecule has 4 atom stereocenters. The number of imide groups is 1. The van der Waals surface area contributed by atoms with Crippen molar-refractivity contribution in [3.8, 4) is 0 Å². The van der Waals surface area contributed by atoms with Crippen LogP contribution in [0, 0.1) is 11.8 Å². The van der Waals surface area contributed by atoms with Crippen LogP contribution >= 0.6 is 0 Å². The van der Waals surface area contributed by atoms with Crippen LogP contribution in [0.3, 0.4) is 0 Å². The van der Waals surface area contributed by atoms with Crippen molar-refractivity contribution in [1.29, 1.82) is 0 Å². The van der Waals surface area contributed by atoms with Crippen LogP contribution < -0.4 is 5.32 Å². The average Bonchev–Trinajstić information content (AvgIpc) is 2.36. The molecule has 2 rings (SSSR count). The van der Waals surface area contributed by atoms with Crippen LogP contribution in [0.1, 0.15) is 0 Å².